The summed E-state index contributed by atoms with van der Waals surface area (Å²) in [6, 6.07) is 25.3. The van der Waals surface area contributed by atoms with E-state index in [1.165, 1.54) is 0 Å². The third kappa shape index (κ3) is 8.86. The quantitative estimate of drug-likeness (QED) is 0.0778. The van der Waals surface area contributed by atoms with Crippen LogP contribution >= 0.6 is 23.2 Å². The van der Waals surface area contributed by atoms with Crippen LogP contribution in [0.3, 0.4) is 0 Å². The Morgan fingerprint density at radius 1 is 0.944 bits per heavy atom. The van der Waals surface area contributed by atoms with Crippen molar-refractivity contribution < 1.29 is 23.5 Å². The van der Waals surface area contributed by atoms with Gasteiger partial charge in [-0.05, 0) is 119 Å². The molecule has 2 aliphatic heterocycles. The maximum absolute atomic E-state index is 14.0. The zero-order valence-electron chi connectivity index (χ0n) is 31.0. The summed E-state index contributed by atoms with van der Waals surface area (Å²) in [6.07, 6.45) is 5.24. The van der Waals surface area contributed by atoms with E-state index in [2.05, 4.69) is 11.0 Å². The van der Waals surface area contributed by atoms with Gasteiger partial charge in [0.2, 0.25) is 11.7 Å². The molecule has 2 saturated heterocycles. The topological polar surface area (TPSA) is 90.0 Å². The van der Waals surface area contributed by atoms with E-state index >= 15 is 0 Å². The Bertz CT molecular complexity index is 2060. The zero-order valence-corrected chi connectivity index (χ0v) is 32.5. The van der Waals surface area contributed by atoms with Crippen LogP contribution in [0, 0.1) is 5.92 Å². The van der Waals surface area contributed by atoms with Crippen LogP contribution in [0.25, 0.3) is 11.0 Å². The summed E-state index contributed by atoms with van der Waals surface area (Å²) in [5, 5.41) is 1.04. The number of imidazole rings is 1. The maximum atomic E-state index is 14.0. The SMILES string of the molecule is CC(C)Oc1cccc(CC(=O)N2CCC(CCN3CCC(C(=O)c4nc5ccccc5n4CCOCc4ccco4)CC3)(c3ccc(Cl)c(Cl)c3)C2)c1. The third-order valence-electron chi connectivity index (χ3n) is 10.9. The number of furan rings is 1. The van der Waals surface area contributed by atoms with Gasteiger partial charge in [-0.3, -0.25) is 9.59 Å². The number of carbonyl (C=O) groups is 2. The lowest BCUT2D eigenvalue weighted by atomic mass is 9.76. The Morgan fingerprint density at radius 2 is 1.78 bits per heavy atom. The summed E-state index contributed by atoms with van der Waals surface area (Å²) in [4.78, 5) is 37.0. The first-order valence-corrected chi connectivity index (χ1v) is 19.7. The molecule has 2 aromatic heterocycles. The number of rotatable bonds is 15. The first kappa shape index (κ1) is 38.1. The van der Waals surface area contributed by atoms with Gasteiger partial charge in [-0.2, -0.15) is 0 Å². The van der Waals surface area contributed by atoms with E-state index in [1.807, 2.05) is 96.1 Å². The van der Waals surface area contributed by atoms with Crippen molar-refractivity contribution in [3.8, 4) is 5.75 Å². The number of likely N-dealkylation sites (tertiary alicyclic amines) is 2. The molecule has 7 rings (SSSR count). The first-order chi connectivity index (χ1) is 26.2. The van der Waals surface area contributed by atoms with Gasteiger partial charge in [0.15, 0.2) is 5.82 Å². The molecule has 0 bridgehead atoms. The molecule has 0 saturated carbocycles. The molecule has 0 N–H and O–H groups in total. The average Bonchev–Trinajstić information content (AvgIpc) is 3.94. The van der Waals surface area contributed by atoms with Crippen LogP contribution in [0.1, 0.15) is 67.0 Å². The number of aromatic nitrogens is 2. The number of amides is 1. The van der Waals surface area contributed by atoms with E-state index in [4.69, 9.17) is 42.1 Å². The fraction of sp³-hybridized carbons (Fsp3) is 0.419. The summed E-state index contributed by atoms with van der Waals surface area (Å²) in [7, 11) is 0. The minimum Gasteiger partial charge on any atom is -0.491 e. The van der Waals surface area contributed by atoms with Gasteiger partial charge in [-0.25, -0.2) is 4.98 Å². The Labute approximate surface area is 327 Å². The number of carbonyl (C=O) groups excluding carboxylic acids is 2. The third-order valence-corrected chi connectivity index (χ3v) is 11.6. The smallest absolute Gasteiger partial charge is 0.227 e. The lowest BCUT2D eigenvalue weighted by Crippen LogP contribution is -2.41. The highest BCUT2D eigenvalue weighted by atomic mass is 35.5. The number of piperidine rings is 1. The molecule has 0 spiro atoms. The molecule has 2 fully saturated rings. The molecule has 284 valence electrons. The minimum absolute atomic E-state index is 0.0620. The van der Waals surface area contributed by atoms with Crippen molar-refractivity contribution in [2.75, 3.05) is 39.3 Å². The average molecular weight is 772 g/mol. The van der Waals surface area contributed by atoms with Crippen molar-refractivity contribution in [1.82, 2.24) is 19.4 Å². The van der Waals surface area contributed by atoms with Gasteiger partial charge in [0, 0.05) is 31.0 Å². The number of para-hydroxylation sites is 2. The normalized spacial score (nSPS) is 18.2. The maximum Gasteiger partial charge on any atom is 0.227 e. The number of hydrogen-bond donors (Lipinski definition) is 0. The van der Waals surface area contributed by atoms with E-state index in [1.54, 1.807) is 6.26 Å². The van der Waals surface area contributed by atoms with Gasteiger partial charge in [0.25, 0.3) is 0 Å². The predicted molar refractivity (Wildman–Crippen MR) is 211 cm³/mol. The molecule has 11 heteroatoms. The van der Waals surface area contributed by atoms with Crippen LogP contribution in [0.2, 0.25) is 10.0 Å². The molecule has 9 nitrogen and oxygen atoms in total. The van der Waals surface area contributed by atoms with E-state index in [0.717, 1.165) is 79.0 Å². The van der Waals surface area contributed by atoms with Gasteiger partial charge in [0.05, 0.1) is 46.5 Å². The highest BCUT2D eigenvalue weighted by molar-refractivity contribution is 6.42. The van der Waals surface area contributed by atoms with E-state index in [9.17, 15) is 9.59 Å². The molecule has 2 aliphatic rings. The molecule has 4 heterocycles. The van der Waals surface area contributed by atoms with Crippen molar-refractivity contribution in [3.63, 3.8) is 0 Å². The molecule has 1 unspecified atom stereocenters. The highest BCUT2D eigenvalue weighted by Crippen LogP contribution is 2.41. The van der Waals surface area contributed by atoms with Gasteiger partial charge in [-0.1, -0.05) is 53.5 Å². The van der Waals surface area contributed by atoms with Crippen LogP contribution in [0.4, 0.5) is 0 Å². The number of Topliss-reactive ketones (excluding diaryl/α,β-unsaturated/α-hetero) is 1. The molecule has 3 aromatic carbocycles. The number of benzene rings is 3. The second kappa shape index (κ2) is 17.1. The number of nitrogens with zero attached hydrogens (tertiary/aromatic N) is 4. The van der Waals surface area contributed by atoms with E-state index in [0.29, 0.717) is 55.1 Å². The molecular weight excluding hydrogens is 723 g/mol. The van der Waals surface area contributed by atoms with Crippen molar-refractivity contribution in [1.29, 1.82) is 0 Å². The summed E-state index contributed by atoms with van der Waals surface area (Å²) in [6.45, 7) is 9.10. The van der Waals surface area contributed by atoms with E-state index < -0.39 is 0 Å². The molecule has 54 heavy (non-hydrogen) atoms. The summed E-state index contributed by atoms with van der Waals surface area (Å²) in [5.74, 6) is 2.14. The largest absolute Gasteiger partial charge is 0.491 e. The number of halogens is 2. The molecule has 0 aliphatic carbocycles. The Balaban J connectivity index is 0.987. The van der Waals surface area contributed by atoms with Gasteiger partial charge < -0.3 is 28.3 Å². The van der Waals surface area contributed by atoms with E-state index in [-0.39, 0.29) is 29.1 Å². The van der Waals surface area contributed by atoms with Crippen molar-refractivity contribution in [3.05, 3.63) is 118 Å². The van der Waals surface area contributed by atoms with Gasteiger partial charge in [-0.15, -0.1) is 0 Å². The van der Waals surface area contributed by atoms with Gasteiger partial charge >= 0.3 is 0 Å². The summed E-state index contributed by atoms with van der Waals surface area (Å²) < 4.78 is 19.1. The van der Waals surface area contributed by atoms with Gasteiger partial charge in [0.1, 0.15) is 18.1 Å². The lowest BCUT2D eigenvalue weighted by Gasteiger charge is -2.36. The summed E-state index contributed by atoms with van der Waals surface area (Å²) >= 11 is 12.9. The molecule has 0 radical (unpaired) electrons. The second-order valence-electron chi connectivity index (χ2n) is 14.9. The molecule has 1 amide bonds. The molecule has 1 atom stereocenters. The Morgan fingerprint density at radius 3 is 2.56 bits per heavy atom. The van der Waals surface area contributed by atoms with Crippen molar-refractivity contribution in [2.24, 2.45) is 5.92 Å². The Hall–Kier alpha value is -4.15. The summed E-state index contributed by atoms with van der Waals surface area (Å²) in [5.41, 5.74) is 3.54. The second-order valence-corrected chi connectivity index (χ2v) is 15.7. The van der Waals surface area contributed by atoms with Crippen LogP contribution in [-0.2, 0) is 34.5 Å². The standard InChI is InChI=1S/C43H48Cl2N4O5/c1-30(2)54-34-8-5-7-31(25-34)26-40(50)48-21-17-43(29-48,33-12-13-36(44)37(45)27-33)16-20-47-18-14-32(15-19-47)41(51)42-46-38-10-3-4-11-39(38)49(42)22-24-52-28-35-9-6-23-53-35/h3-13,23,25,27,30,32H,14-22,24,26,28-29H2,1-2H3. The van der Waals surface area contributed by atoms with Crippen LogP contribution in [0.15, 0.2) is 89.5 Å². The minimum atomic E-state index is -0.261. The van der Waals surface area contributed by atoms with Crippen molar-refractivity contribution in [2.45, 2.75) is 70.6 Å². The van der Waals surface area contributed by atoms with Crippen LogP contribution in [-0.4, -0.2) is 76.5 Å². The Kier molecular flexibility index (Phi) is 12.1. The predicted octanol–water partition coefficient (Wildman–Crippen LogP) is 8.64. The zero-order chi connectivity index (χ0) is 37.7. The van der Waals surface area contributed by atoms with Crippen LogP contribution in [0.5, 0.6) is 5.75 Å². The fourth-order valence-electron chi connectivity index (χ4n) is 7.97. The van der Waals surface area contributed by atoms with Crippen molar-refractivity contribution >= 4 is 45.9 Å². The lowest BCUT2D eigenvalue weighted by molar-refractivity contribution is -0.129. The highest BCUT2D eigenvalue weighted by Gasteiger charge is 2.42. The van der Waals surface area contributed by atoms with Crippen LogP contribution < -0.4 is 4.74 Å². The number of ketones is 1. The monoisotopic (exact) mass is 770 g/mol. The number of hydrogen-bond acceptors (Lipinski definition) is 7. The molecule has 5 aromatic rings. The number of fused-ring (bicyclic) bond motifs is 1. The fourth-order valence-corrected chi connectivity index (χ4v) is 8.27. The molecular formula is C43H48Cl2N4O5. The first-order valence-electron chi connectivity index (χ1n) is 19.0. The number of ether oxygens (including phenoxy) is 2.